The number of benzene rings is 1. The zero-order valence-corrected chi connectivity index (χ0v) is 13.8. The standard InChI is InChI=1S/C15H18F3NO4S/c1-23-14(20)10-13-12(15(16,17)18)8-5-9-19(13)24(21,22)11-6-3-2-4-7-11/h2-4,6-7,12-13H,5,8-10H2,1H3. The minimum Gasteiger partial charge on any atom is -0.469 e. The lowest BCUT2D eigenvalue weighted by Gasteiger charge is -2.40. The van der Waals surface area contributed by atoms with E-state index in [1.165, 1.54) is 24.3 Å². The van der Waals surface area contributed by atoms with Gasteiger partial charge in [0.05, 0.1) is 24.3 Å². The van der Waals surface area contributed by atoms with E-state index in [4.69, 9.17) is 0 Å². The van der Waals surface area contributed by atoms with Crippen LogP contribution in [0.1, 0.15) is 19.3 Å². The molecular weight excluding hydrogens is 347 g/mol. The average Bonchev–Trinajstić information content (AvgIpc) is 2.54. The van der Waals surface area contributed by atoms with Gasteiger partial charge >= 0.3 is 12.1 Å². The highest BCUT2D eigenvalue weighted by Gasteiger charge is 2.51. The number of methoxy groups -OCH3 is 1. The number of rotatable bonds is 4. The Bertz CT molecular complexity index is 676. The number of piperidine rings is 1. The molecule has 9 heteroatoms. The molecule has 134 valence electrons. The van der Waals surface area contributed by atoms with Crippen LogP contribution in [0.15, 0.2) is 35.2 Å². The van der Waals surface area contributed by atoms with Gasteiger partial charge < -0.3 is 4.74 Å². The Hall–Kier alpha value is -1.61. The van der Waals surface area contributed by atoms with Crippen molar-refractivity contribution < 1.29 is 31.1 Å². The first-order chi connectivity index (χ1) is 11.2. The Morgan fingerprint density at radius 3 is 2.46 bits per heavy atom. The summed E-state index contributed by atoms with van der Waals surface area (Å²) in [6.45, 7) is -0.0640. The van der Waals surface area contributed by atoms with E-state index in [2.05, 4.69) is 4.74 Å². The molecule has 0 amide bonds. The van der Waals surface area contributed by atoms with Crippen molar-refractivity contribution >= 4 is 16.0 Å². The largest absolute Gasteiger partial charge is 0.469 e. The molecule has 2 atom stereocenters. The van der Waals surface area contributed by atoms with Gasteiger partial charge in [-0.3, -0.25) is 4.79 Å². The molecule has 1 aliphatic rings. The van der Waals surface area contributed by atoms with Gasteiger partial charge in [-0.15, -0.1) is 0 Å². The quantitative estimate of drug-likeness (QED) is 0.770. The van der Waals surface area contributed by atoms with Crippen LogP contribution >= 0.6 is 0 Å². The van der Waals surface area contributed by atoms with E-state index >= 15 is 0 Å². The number of carbonyl (C=O) groups excluding carboxylic acids is 1. The summed E-state index contributed by atoms with van der Waals surface area (Å²) in [5.41, 5.74) is 0. The number of nitrogens with zero attached hydrogens (tertiary/aromatic N) is 1. The summed E-state index contributed by atoms with van der Waals surface area (Å²) in [6, 6.07) is 5.74. The third-order valence-corrected chi connectivity index (χ3v) is 6.04. The smallest absolute Gasteiger partial charge is 0.393 e. The van der Waals surface area contributed by atoms with E-state index in [0.717, 1.165) is 11.4 Å². The maximum Gasteiger partial charge on any atom is 0.393 e. The van der Waals surface area contributed by atoms with Gasteiger partial charge in [-0.1, -0.05) is 18.2 Å². The number of hydrogen-bond acceptors (Lipinski definition) is 4. The molecule has 0 spiro atoms. The lowest BCUT2D eigenvalue weighted by molar-refractivity contribution is -0.197. The summed E-state index contributed by atoms with van der Waals surface area (Å²) >= 11 is 0. The molecule has 2 unspecified atom stereocenters. The summed E-state index contributed by atoms with van der Waals surface area (Å²) in [6.07, 6.45) is -5.36. The molecule has 0 aliphatic carbocycles. The summed E-state index contributed by atoms with van der Waals surface area (Å²) < 4.78 is 70.7. The fourth-order valence-corrected chi connectivity index (χ4v) is 4.65. The molecule has 0 aromatic heterocycles. The first-order valence-electron chi connectivity index (χ1n) is 7.38. The molecule has 0 N–H and O–H groups in total. The van der Waals surface area contributed by atoms with Crippen LogP contribution in [0.4, 0.5) is 13.2 Å². The van der Waals surface area contributed by atoms with Crippen LogP contribution in [0.2, 0.25) is 0 Å². The first-order valence-corrected chi connectivity index (χ1v) is 8.82. The molecule has 1 aromatic rings. The van der Waals surface area contributed by atoms with Gasteiger partial charge in [-0.25, -0.2) is 8.42 Å². The fraction of sp³-hybridized carbons (Fsp3) is 0.533. The van der Waals surface area contributed by atoms with E-state index in [0.29, 0.717) is 0 Å². The number of esters is 1. The zero-order valence-electron chi connectivity index (χ0n) is 13.0. The second kappa shape index (κ2) is 7.10. The van der Waals surface area contributed by atoms with Crippen LogP contribution < -0.4 is 0 Å². The van der Waals surface area contributed by atoms with Gasteiger partial charge in [0, 0.05) is 12.6 Å². The van der Waals surface area contributed by atoms with Crippen LogP contribution in [0.5, 0.6) is 0 Å². The van der Waals surface area contributed by atoms with Crippen LogP contribution in [-0.2, 0) is 19.6 Å². The summed E-state index contributed by atoms with van der Waals surface area (Å²) in [5.74, 6) is -2.77. The Morgan fingerprint density at radius 1 is 1.29 bits per heavy atom. The normalized spacial score (nSPS) is 23.0. The number of halogens is 3. The van der Waals surface area contributed by atoms with Crippen molar-refractivity contribution in [2.75, 3.05) is 13.7 Å². The van der Waals surface area contributed by atoms with Crippen LogP contribution in [0.3, 0.4) is 0 Å². The van der Waals surface area contributed by atoms with E-state index < -0.39 is 40.5 Å². The van der Waals surface area contributed by atoms with Crippen molar-refractivity contribution in [3.05, 3.63) is 30.3 Å². The Labute approximate surface area is 138 Å². The van der Waals surface area contributed by atoms with Gasteiger partial charge in [0.2, 0.25) is 10.0 Å². The molecular formula is C15H18F3NO4S. The third-order valence-electron chi connectivity index (χ3n) is 4.10. The summed E-state index contributed by atoms with van der Waals surface area (Å²) in [5, 5.41) is 0. The molecule has 0 bridgehead atoms. The van der Waals surface area contributed by atoms with E-state index in [9.17, 15) is 26.4 Å². The second-order valence-electron chi connectivity index (χ2n) is 5.57. The molecule has 1 aliphatic heterocycles. The minimum absolute atomic E-state index is 0.0640. The van der Waals surface area contributed by atoms with Crippen molar-refractivity contribution in [2.24, 2.45) is 5.92 Å². The zero-order chi connectivity index (χ0) is 18.0. The van der Waals surface area contributed by atoms with Gasteiger partial charge in [-0.05, 0) is 25.0 Å². The molecule has 1 heterocycles. The van der Waals surface area contributed by atoms with Gasteiger partial charge in [0.25, 0.3) is 0 Å². The Kier molecular flexibility index (Phi) is 5.54. The lowest BCUT2D eigenvalue weighted by Crippen LogP contribution is -2.53. The van der Waals surface area contributed by atoms with E-state index in [1.807, 2.05) is 0 Å². The highest BCUT2D eigenvalue weighted by atomic mass is 32.2. The highest BCUT2D eigenvalue weighted by Crippen LogP contribution is 2.40. The number of hydrogen-bond donors (Lipinski definition) is 0. The Morgan fingerprint density at radius 2 is 1.92 bits per heavy atom. The van der Waals surface area contributed by atoms with Gasteiger partial charge in [-0.2, -0.15) is 17.5 Å². The second-order valence-corrected chi connectivity index (χ2v) is 7.46. The maximum absolute atomic E-state index is 13.3. The van der Waals surface area contributed by atoms with Crippen molar-refractivity contribution in [2.45, 2.75) is 36.4 Å². The molecule has 0 radical (unpaired) electrons. The summed E-state index contributed by atoms with van der Waals surface area (Å²) in [4.78, 5) is 11.5. The Balaban J connectivity index is 2.43. The highest BCUT2D eigenvalue weighted by molar-refractivity contribution is 7.89. The SMILES string of the molecule is COC(=O)CC1C(C(F)(F)F)CCCN1S(=O)(=O)c1ccccc1. The van der Waals surface area contributed by atoms with Crippen LogP contribution in [0.25, 0.3) is 0 Å². The molecule has 1 aromatic carbocycles. The molecule has 1 saturated heterocycles. The van der Waals surface area contributed by atoms with Crippen molar-refractivity contribution in [3.8, 4) is 0 Å². The van der Waals surface area contributed by atoms with Crippen molar-refractivity contribution in [1.29, 1.82) is 0 Å². The maximum atomic E-state index is 13.3. The molecule has 2 rings (SSSR count). The van der Waals surface area contributed by atoms with Gasteiger partial charge in [0.1, 0.15) is 0 Å². The van der Waals surface area contributed by atoms with Crippen LogP contribution in [-0.4, -0.2) is 44.6 Å². The molecule has 0 saturated carbocycles. The van der Waals surface area contributed by atoms with E-state index in [1.54, 1.807) is 6.07 Å². The van der Waals surface area contributed by atoms with Gasteiger partial charge in [0.15, 0.2) is 0 Å². The topological polar surface area (TPSA) is 63.7 Å². The third kappa shape index (κ3) is 3.89. The average molecular weight is 365 g/mol. The number of carbonyl (C=O) groups is 1. The van der Waals surface area contributed by atoms with Crippen LogP contribution in [0, 0.1) is 5.92 Å². The monoisotopic (exact) mass is 365 g/mol. The van der Waals surface area contributed by atoms with Crippen molar-refractivity contribution in [3.63, 3.8) is 0 Å². The molecule has 1 fully saturated rings. The predicted molar refractivity (Wildman–Crippen MR) is 79.5 cm³/mol. The minimum atomic E-state index is -4.59. The van der Waals surface area contributed by atoms with E-state index in [-0.39, 0.29) is 24.3 Å². The predicted octanol–water partition coefficient (Wildman–Crippen LogP) is 2.58. The van der Waals surface area contributed by atoms with Crippen molar-refractivity contribution in [1.82, 2.24) is 4.31 Å². The number of alkyl halides is 3. The summed E-state index contributed by atoms with van der Waals surface area (Å²) in [7, 11) is -3.07. The first kappa shape index (κ1) is 18.7. The number of ether oxygens (including phenoxy) is 1. The molecule has 5 nitrogen and oxygen atoms in total. The lowest BCUT2D eigenvalue weighted by atomic mass is 9.88. The fourth-order valence-electron chi connectivity index (χ4n) is 2.93. The number of sulfonamides is 1. The molecule has 24 heavy (non-hydrogen) atoms.